The largest absolute Gasteiger partial charge is 0.393 e. The van der Waals surface area contributed by atoms with Gasteiger partial charge >= 0.3 is 0 Å². The monoisotopic (exact) mass is 269 g/mol. The Labute approximate surface area is 112 Å². The van der Waals surface area contributed by atoms with Crippen molar-refractivity contribution in [2.24, 2.45) is 5.92 Å². The molecule has 0 aliphatic heterocycles. The second kappa shape index (κ2) is 6.44. The molecule has 0 radical (unpaired) electrons. The Bertz CT molecular complexity index is 383. The molecule has 1 aromatic carbocycles. The SMILES string of the molecule is OC1CCCCC1CNCC(F)(F)c1ccccc1. The molecule has 1 saturated carbocycles. The van der Waals surface area contributed by atoms with Crippen LogP contribution in [0.3, 0.4) is 0 Å². The van der Waals surface area contributed by atoms with E-state index in [2.05, 4.69) is 5.32 Å². The van der Waals surface area contributed by atoms with Crippen LogP contribution in [0, 0.1) is 5.92 Å². The van der Waals surface area contributed by atoms with E-state index in [1.165, 1.54) is 12.1 Å². The zero-order valence-corrected chi connectivity index (χ0v) is 11.0. The fourth-order valence-electron chi connectivity index (χ4n) is 2.62. The van der Waals surface area contributed by atoms with Crippen LogP contribution in [0.2, 0.25) is 0 Å². The van der Waals surface area contributed by atoms with Crippen molar-refractivity contribution < 1.29 is 13.9 Å². The molecule has 19 heavy (non-hydrogen) atoms. The Hall–Kier alpha value is -1.00. The van der Waals surface area contributed by atoms with Gasteiger partial charge in [-0.1, -0.05) is 43.2 Å². The lowest BCUT2D eigenvalue weighted by atomic mass is 9.86. The normalized spacial score (nSPS) is 24.4. The number of halogens is 2. The Balaban J connectivity index is 1.81. The van der Waals surface area contributed by atoms with Crippen LogP contribution in [0.1, 0.15) is 31.2 Å². The maximum Gasteiger partial charge on any atom is 0.285 e. The molecule has 1 aliphatic rings. The Kier molecular flexibility index (Phi) is 4.88. The first-order valence-electron chi connectivity index (χ1n) is 6.92. The second-order valence-corrected chi connectivity index (χ2v) is 5.31. The minimum Gasteiger partial charge on any atom is -0.393 e. The van der Waals surface area contributed by atoms with Crippen molar-refractivity contribution in [3.05, 3.63) is 35.9 Å². The highest BCUT2D eigenvalue weighted by Gasteiger charge is 2.31. The van der Waals surface area contributed by atoms with Gasteiger partial charge in [0, 0.05) is 12.1 Å². The van der Waals surface area contributed by atoms with Crippen molar-refractivity contribution >= 4 is 0 Å². The van der Waals surface area contributed by atoms with Crippen molar-refractivity contribution in [1.29, 1.82) is 0 Å². The number of aliphatic hydroxyl groups is 1. The van der Waals surface area contributed by atoms with Crippen molar-refractivity contribution in [1.82, 2.24) is 5.32 Å². The van der Waals surface area contributed by atoms with Gasteiger partial charge in [-0.05, 0) is 18.8 Å². The van der Waals surface area contributed by atoms with Gasteiger partial charge < -0.3 is 10.4 Å². The van der Waals surface area contributed by atoms with Gasteiger partial charge in [-0.3, -0.25) is 0 Å². The van der Waals surface area contributed by atoms with Gasteiger partial charge in [-0.15, -0.1) is 0 Å². The molecule has 0 bridgehead atoms. The summed E-state index contributed by atoms with van der Waals surface area (Å²) >= 11 is 0. The van der Waals surface area contributed by atoms with E-state index < -0.39 is 5.92 Å². The van der Waals surface area contributed by atoms with Crippen LogP contribution in [0.4, 0.5) is 8.78 Å². The first-order valence-corrected chi connectivity index (χ1v) is 6.92. The molecule has 4 heteroatoms. The molecule has 2 rings (SSSR count). The van der Waals surface area contributed by atoms with E-state index in [0.29, 0.717) is 6.54 Å². The van der Waals surface area contributed by atoms with Gasteiger partial charge in [-0.25, -0.2) is 0 Å². The highest BCUT2D eigenvalue weighted by molar-refractivity contribution is 5.20. The fraction of sp³-hybridized carbons (Fsp3) is 0.600. The average Bonchev–Trinajstić information content (AvgIpc) is 2.42. The zero-order valence-electron chi connectivity index (χ0n) is 11.0. The molecule has 106 valence electrons. The van der Waals surface area contributed by atoms with Gasteiger partial charge in [0.05, 0.1) is 12.6 Å². The summed E-state index contributed by atoms with van der Waals surface area (Å²) in [7, 11) is 0. The molecule has 1 aromatic rings. The number of nitrogens with one attached hydrogen (secondary N) is 1. The van der Waals surface area contributed by atoms with E-state index >= 15 is 0 Å². The predicted octanol–water partition coefficient (Wildman–Crippen LogP) is 2.92. The minimum atomic E-state index is -2.86. The van der Waals surface area contributed by atoms with Crippen LogP contribution in [-0.4, -0.2) is 24.3 Å². The van der Waals surface area contributed by atoms with Crippen LogP contribution in [-0.2, 0) is 5.92 Å². The number of benzene rings is 1. The quantitative estimate of drug-likeness (QED) is 0.861. The lowest BCUT2D eigenvalue weighted by Crippen LogP contribution is -2.38. The average molecular weight is 269 g/mol. The molecule has 0 saturated heterocycles. The third-order valence-corrected chi connectivity index (χ3v) is 3.82. The van der Waals surface area contributed by atoms with E-state index in [0.717, 1.165) is 25.7 Å². The maximum atomic E-state index is 13.9. The Morgan fingerprint density at radius 2 is 1.84 bits per heavy atom. The van der Waals surface area contributed by atoms with Crippen molar-refractivity contribution in [3.63, 3.8) is 0 Å². The summed E-state index contributed by atoms with van der Waals surface area (Å²) in [6, 6.07) is 7.85. The molecule has 2 unspecified atom stereocenters. The van der Waals surface area contributed by atoms with Crippen molar-refractivity contribution in [2.45, 2.75) is 37.7 Å². The van der Waals surface area contributed by atoms with Crippen LogP contribution < -0.4 is 5.32 Å². The second-order valence-electron chi connectivity index (χ2n) is 5.31. The van der Waals surface area contributed by atoms with Crippen LogP contribution in [0.5, 0.6) is 0 Å². The summed E-state index contributed by atoms with van der Waals surface area (Å²) in [5.74, 6) is -2.75. The summed E-state index contributed by atoms with van der Waals surface area (Å²) < 4.78 is 27.8. The molecule has 1 aliphatic carbocycles. The highest BCUT2D eigenvalue weighted by Crippen LogP contribution is 2.27. The molecule has 0 amide bonds. The summed E-state index contributed by atoms with van der Waals surface area (Å²) in [6.45, 7) is 0.0871. The third kappa shape index (κ3) is 3.98. The fourth-order valence-corrected chi connectivity index (χ4v) is 2.62. The number of alkyl halides is 2. The number of hydrogen-bond donors (Lipinski definition) is 2. The predicted molar refractivity (Wildman–Crippen MR) is 71.2 cm³/mol. The van der Waals surface area contributed by atoms with Gasteiger partial charge in [0.25, 0.3) is 5.92 Å². The lowest BCUT2D eigenvalue weighted by molar-refractivity contribution is -0.00742. The first-order chi connectivity index (χ1) is 9.09. The van der Waals surface area contributed by atoms with E-state index in [9.17, 15) is 13.9 Å². The Morgan fingerprint density at radius 1 is 1.16 bits per heavy atom. The van der Waals surface area contributed by atoms with E-state index in [4.69, 9.17) is 0 Å². The van der Waals surface area contributed by atoms with Gasteiger partial charge in [0.2, 0.25) is 0 Å². The molecule has 0 aromatic heterocycles. The summed E-state index contributed by atoms with van der Waals surface area (Å²) in [5, 5.41) is 12.6. The topological polar surface area (TPSA) is 32.3 Å². The van der Waals surface area contributed by atoms with Crippen molar-refractivity contribution in [3.8, 4) is 0 Å². The number of hydrogen-bond acceptors (Lipinski definition) is 2. The summed E-state index contributed by atoms with van der Waals surface area (Å²) in [5.41, 5.74) is 0.0340. The van der Waals surface area contributed by atoms with E-state index in [1.54, 1.807) is 18.2 Å². The minimum absolute atomic E-state index is 0.0340. The van der Waals surface area contributed by atoms with Gasteiger partial charge in [-0.2, -0.15) is 8.78 Å². The van der Waals surface area contributed by atoms with E-state index in [-0.39, 0.29) is 24.1 Å². The molecule has 0 heterocycles. The lowest BCUT2D eigenvalue weighted by Gasteiger charge is -2.28. The highest BCUT2D eigenvalue weighted by atomic mass is 19.3. The molecular formula is C15H21F2NO. The van der Waals surface area contributed by atoms with Crippen LogP contribution >= 0.6 is 0 Å². The molecule has 2 nitrogen and oxygen atoms in total. The summed E-state index contributed by atoms with van der Waals surface area (Å²) in [4.78, 5) is 0. The van der Waals surface area contributed by atoms with Crippen LogP contribution in [0.25, 0.3) is 0 Å². The standard InChI is InChI=1S/C15H21F2NO/c16-15(17,13-7-2-1-3-8-13)11-18-10-12-6-4-5-9-14(12)19/h1-3,7-8,12,14,18-19H,4-6,9-11H2. The Morgan fingerprint density at radius 3 is 2.53 bits per heavy atom. The zero-order chi connectivity index (χ0) is 13.7. The molecule has 0 spiro atoms. The van der Waals surface area contributed by atoms with E-state index in [1.807, 2.05) is 0 Å². The third-order valence-electron chi connectivity index (χ3n) is 3.82. The van der Waals surface area contributed by atoms with Crippen LogP contribution in [0.15, 0.2) is 30.3 Å². The molecule has 2 N–H and O–H groups in total. The molecular weight excluding hydrogens is 248 g/mol. The number of aliphatic hydroxyl groups excluding tert-OH is 1. The van der Waals surface area contributed by atoms with Crippen molar-refractivity contribution in [2.75, 3.05) is 13.1 Å². The summed E-state index contributed by atoms with van der Waals surface area (Å²) in [6.07, 6.45) is 3.50. The first kappa shape index (κ1) is 14.4. The smallest absolute Gasteiger partial charge is 0.285 e. The molecule has 2 atom stereocenters. The number of rotatable bonds is 5. The maximum absolute atomic E-state index is 13.9. The van der Waals surface area contributed by atoms with Gasteiger partial charge in [0.1, 0.15) is 0 Å². The molecule has 1 fully saturated rings. The van der Waals surface area contributed by atoms with Gasteiger partial charge in [0.15, 0.2) is 0 Å².